The molecular formula is C18H24N2O3S. The predicted octanol–water partition coefficient (Wildman–Crippen LogP) is 2.42. The fourth-order valence-electron chi connectivity index (χ4n) is 2.50. The van der Waals surface area contributed by atoms with Crippen molar-refractivity contribution in [1.82, 2.24) is 9.62 Å². The summed E-state index contributed by atoms with van der Waals surface area (Å²) in [4.78, 5) is 1.99. The van der Waals surface area contributed by atoms with Gasteiger partial charge < -0.3 is 9.64 Å². The molecule has 2 aromatic carbocycles. The standard InChI is InChI=1S/C18H24N2O3S/c1-20(2)18(16-10-7-11-17(12-16)23-3)13-19-24(21,22)14-15-8-5-4-6-9-15/h4-12,18-19H,13-14H2,1-3H3. The molecule has 0 aliphatic carbocycles. The average Bonchev–Trinajstić information content (AvgIpc) is 2.55. The largest absolute Gasteiger partial charge is 0.497 e. The summed E-state index contributed by atoms with van der Waals surface area (Å²) in [7, 11) is 2.08. The van der Waals surface area contributed by atoms with E-state index in [4.69, 9.17) is 4.74 Å². The molecule has 130 valence electrons. The molecule has 0 spiro atoms. The molecule has 0 amide bonds. The first-order valence-electron chi connectivity index (χ1n) is 7.73. The van der Waals surface area contributed by atoms with Gasteiger partial charge in [-0.25, -0.2) is 13.1 Å². The van der Waals surface area contributed by atoms with Gasteiger partial charge in [0.2, 0.25) is 10.0 Å². The van der Waals surface area contributed by atoms with Crippen molar-refractivity contribution in [2.75, 3.05) is 27.7 Å². The van der Waals surface area contributed by atoms with Gasteiger partial charge in [0, 0.05) is 12.6 Å². The lowest BCUT2D eigenvalue weighted by molar-refractivity contribution is 0.298. The van der Waals surface area contributed by atoms with Crippen LogP contribution in [0.1, 0.15) is 17.2 Å². The number of nitrogens with one attached hydrogen (secondary N) is 1. The van der Waals surface area contributed by atoms with Crippen LogP contribution >= 0.6 is 0 Å². The molecule has 0 saturated carbocycles. The van der Waals surface area contributed by atoms with Gasteiger partial charge in [0.25, 0.3) is 0 Å². The number of hydrogen-bond acceptors (Lipinski definition) is 4. The average molecular weight is 348 g/mol. The Morgan fingerprint density at radius 3 is 2.42 bits per heavy atom. The lowest BCUT2D eigenvalue weighted by Gasteiger charge is -2.25. The third-order valence-electron chi connectivity index (χ3n) is 3.80. The summed E-state index contributed by atoms with van der Waals surface area (Å²) < 4.78 is 32.6. The van der Waals surface area contributed by atoms with Crippen molar-refractivity contribution in [1.29, 1.82) is 0 Å². The van der Waals surface area contributed by atoms with E-state index in [0.717, 1.165) is 16.9 Å². The Balaban J connectivity index is 2.08. The molecule has 2 rings (SSSR count). The van der Waals surface area contributed by atoms with Crippen molar-refractivity contribution in [3.8, 4) is 5.75 Å². The van der Waals surface area contributed by atoms with Crippen molar-refractivity contribution in [3.63, 3.8) is 0 Å². The predicted molar refractivity (Wildman–Crippen MR) is 96.5 cm³/mol. The van der Waals surface area contributed by atoms with E-state index in [9.17, 15) is 8.42 Å². The number of benzene rings is 2. The molecule has 0 saturated heterocycles. The van der Waals surface area contributed by atoms with E-state index in [1.807, 2.05) is 73.6 Å². The molecule has 1 N–H and O–H groups in total. The van der Waals surface area contributed by atoms with Gasteiger partial charge in [-0.1, -0.05) is 42.5 Å². The molecule has 24 heavy (non-hydrogen) atoms. The first-order valence-corrected chi connectivity index (χ1v) is 9.38. The van der Waals surface area contributed by atoms with E-state index in [0.29, 0.717) is 6.54 Å². The van der Waals surface area contributed by atoms with E-state index in [-0.39, 0.29) is 11.8 Å². The van der Waals surface area contributed by atoms with Crippen LogP contribution in [-0.4, -0.2) is 41.1 Å². The second-order valence-electron chi connectivity index (χ2n) is 5.85. The zero-order valence-corrected chi connectivity index (χ0v) is 15.1. The maximum Gasteiger partial charge on any atom is 0.215 e. The number of likely N-dealkylation sites (N-methyl/N-ethyl adjacent to an activating group) is 1. The highest BCUT2D eigenvalue weighted by Crippen LogP contribution is 2.22. The molecule has 0 aliphatic rings. The molecule has 1 atom stereocenters. The van der Waals surface area contributed by atoms with Gasteiger partial charge in [-0.05, 0) is 37.4 Å². The number of rotatable bonds is 8. The van der Waals surface area contributed by atoms with Crippen molar-refractivity contribution in [2.45, 2.75) is 11.8 Å². The van der Waals surface area contributed by atoms with Gasteiger partial charge in [0.05, 0.1) is 12.9 Å². The molecule has 0 bridgehead atoms. The van der Waals surface area contributed by atoms with Gasteiger partial charge in [-0.3, -0.25) is 0 Å². The van der Waals surface area contributed by atoms with Gasteiger partial charge in [-0.15, -0.1) is 0 Å². The number of methoxy groups -OCH3 is 1. The second-order valence-corrected chi connectivity index (χ2v) is 7.66. The Kier molecular flexibility index (Phi) is 6.36. The van der Waals surface area contributed by atoms with E-state index >= 15 is 0 Å². The van der Waals surface area contributed by atoms with Crippen LogP contribution in [0.4, 0.5) is 0 Å². The first kappa shape index (κ1) is 18.4. The lowest BCUT2D eigenvalue weighted by atomic mass is 10.1. The van der Waals surface area contributed by atoms with Crippen LogP contribution in [0.3, 0.4) is 0 Å². The third kappa shape index (κ3) is 5.33. The summed E-state index contributed by atoms with van der Waals surface area (Å²) in [6, 6.07) is 16.8. The highest BCUT2D eigenvalue weighted by Gasteiger charge is 2.19. The Morgan fingerprint density at radius 1 is 1.08 bits per heavy atom. The molecule has 0 aliphatic heterocycles. The zero-order valence-electron chi connectivity index (χ0n) is 14.3. The Hall–Kier alpha value is -1.89. The van der Waals surface area contributed by atoms with Crippen molar-refractivity contribution in [2.24, 2.45) is 0 Å². The van der Waals surface area contributed by atoms with Crippen LogP contribution in [-0.2, 0) is 15.8 Å². The van der Waals surface area contributed by atoms with Crippen LogP contribution in [0.15, 0.2) is 54.6 Å². The van der Waals surface area contributed by atoms with Crippen LogP contribution in [0.2, 0.25) is 0 Å². The van der Waals surface area contributed by atoms with E-state index < -0.39 is 10.0 Å². The normalized spacial score (nSPS) is 13.0. The summed E-state index contributed by atoms with van der Waals surface area (Å²) in [5.41, 5.74) is 1.77. The fraction of sp³-hybridized carbons (Fsp3) is 0.333. The molecule has 5 nitrogen and oxygen atoms in total. The minimum absolute atomic E-state index is 0.0217. The first-order chi connectivity index (χ1) is 11.4. The van der Waals surface area contributed by atoms with Crippen LogP contribution in [0, 0.1) is 0 Å². The second kappa shape index (κ2) is 8.28. The fourth-order valence-corrected chi connectivity index (χ4v) is 3.64. The maximum absolute atomic E-state index is 12.3. The minimum Gasteiger partial charge on any atom is -0.497 e. The lowest BCUT2D eigenvalue weighted by Crippen LogP contribution is -2.35. The van der Waals surface area contributed by atoms with Gasteiger partial charge in [-0.2, -0.15) is 0 Å². The van der Waals surface area contributed by atoms with Crippen LogP contribution in [0.5, 0.6) is 5.75 Å². The molecule has 0 radical (unpaired) electrons. The quantitative estimate of drug-likeness (QED) is 0.796. The monoisotopic (exact) mass is 348 g/mol. The minimum atomic E-state index is -3.39. The molecule has 0 fully saturated rings. The highest BCUT2D eigenvalue weighted by molar-refractivity contribution is 7.88. The molecule has 1 unspecified atom stereocenters. The van der Waals surface area contributed by atoms with Crippen LogP contribution < -0.4 is 9.46 Å². The summed E-state index contributed by atoms with van der Waals surface area (Å²) in [5.74, 6) is 0.734. The third-order valence-corrected chi connectivity index (χ3v) is 5.12. The summed E-state index contributed by atoms with van der Waals surface area (Å²) in [6.45, 7) is 0.301. The summed E-state index contributed by atoms with van der Waals surface area (Å²) in [5, 5.41) is 0. The molecular weight excluding hydrogens is 324 g/mol. The Morgan fingerprint density at radius 2 is 1.79 bits per heavy atom. The zero-order chi connectivity index (χ0) is 17.6. The van der Waals surface area contributed by atoms with Crippen molar-refractivity contribution >= 4 is 10.0 Å². The van der Waals surface area contributed by atoms with Crippen molar-refractivity contribution in [3.05, 3.63) is 65.7 Å². The van der Waals surface area contributed by atoms with Gasteiger partial charge in [0.15, 0.2) is 0 Å². The molecule has 0 aromatic heterocycles. The van der Waals surface area contributed by atoms with E-state index in [2.05, 4.69) is 4.72 Å². The number of sulfonamides is 1. The van der Waals surface area contributed by atoms with E-state index in [1.165, 1.54) is 0 Å². The molecule has 0 heterocycles. The highest BCUT2D eigenvalue weighted by atomic mass is 32.2. The van der Waals surface area contributed by atoms with Crippen LogP contribution in [0.25, 0.3) is 0 Å². The SMILES string of the molecule is COc1cccc(C(CNS(=O)(=O)Cc2ccccc2)N(C)C)c1. The maximum atomic E-state index is 12.3. The van der Waals surface area contributed by atoms with Gasteiger partial charge in [0.1, 0.15) is 5.75 Å². The Bertz CT molecular complexity index is 746. The number of nitrogens with zero attached hydrogens (tertiary/aromatic N) is 1. The number of ether oxygens (including phenoxy) is 1. The molecule has 6 heteroatoms. The summed E-state index contributed by atoms with van der Waals surface area (Å²) >= 11 is 0. The number of hydrogen-bond donors (Lipinski definition) is 1. The van der Waals surface area contributed by atoms with Crippen molar-refractivity contribution < 1.29 is 13.2 Å². The van der Waals surface area contributed by atoms with Gasteiger partial charge >= 0.3 is 0 Å². The topological polar surface area (TPSA) is 58.6 Å². The summed E-state index contributed by atoms with van der Waals surface area (Å²) in [6.07, 6.45) is 0. The Labute approximate surface area is 144 Å². The molecule has 2 aromatic rings. The van der Waals surface area contributed by atoms with E-state index in [1.54, 1.807) is 7.11 Å². The smallest absolute Gasteiger partial charge is 0.215 e.